The van der Waals surface area contributed by atoms with Gasteiger partial charge in [0.2, 0.25) is 0 Å². The van der Waals surface area contributed by atoms with Crippen molar-refractivity contribution >= 4 is 6.09 Å². The lowest BCUT2D eigenvalue weighted by Crippen LogP contribution is -2.36. The number of carbonyl (C=O) groups excluding carboxylic acids is 1. The van der Waals surface area contributed by atoms with Crippen LogP contribution in [0.4, 0.5) is 4.79 Å². The monoisotopic (exact) mass is 207 g/mol. The minimum atomic E-state index is -0.572. The molecule has 6 nitrogen and oxygen atoms in total. The van der Waals surface area contributed by atoms with Crippen molar-refractivity contribution in [3.63, 3.8) is 0 Å². The van der Waals surface area contributed by atoms with Gasteiger partial charge in [0.05, 0.1) is 19.3 Å². The van der Waals surface area contributed by atoms with E-state index in [2.05, 4.69) is 10.1 Å². The molecule has 14 heavy (non-hydrogen) atoms. The Hall–Kier alpha value is -0.850. The molecule has 0 fully saturated rings. The van der Waals surface area contributed by atoms with Crippen LogP contribution in [0.25, 0.3) is 0 Å². The Morgan fingerprint density at radius 2 is 2.21 bits per heavy atom. The van der Waals surface area contributed by atoms with E-state index in [1.165, 1.54) is 7.11 Å². The zero-order chi connectivity index (χ0) is 10.8. The average Bonchev–Trinajstić information content (AvgIpc) is 2.21. The number of alkyl carbamates (subject to hydrolysis) is 1. The highest BCUT2D eigenvalue weighted by molar-refractivity contribution is 5.67. The molecule has 1 amide bonds. The van der Waals surface area contributed by atoms with Crippen molar-refractivity contribution in [1.29, 1.82) is 0 Å². The van der Waals surface area contributed by atoms with Gasteiger partial charge in [-0.15, -0.1) is 0 Å². The van der Waals surface area contributed by atoms with E-state index >= 15 is 0 Å². The Labute approximate surface area is 83.1 Å². The average molecular weight is 207 g/mol. The Balaban J connectivity index is 3.52. The summed E-state index contributed by atoms with van der Waals surface area (Å²) in [7, 11) is 3.08. The van der Waals surface area contributed by atoms with Crippen molar-refractivity contribution in [3.8, 4) is 0 Å². The highest BCUT2D eigenvalue weighted by Crippen LogP contribution is 1.89. The predicted molar refractivity (Wildman–Crippen MR) is 49.1 cm³/mol. The fourth-order valence-electron chi connectivity index (χ4n) is 0.783. The first-order valence-electron chi connectivity index (χ1n) is 4.27. The first-order chi connectivity index (χ1) is 6.74. The summed E-state index contributed by atoms with van der Waals surface area (Å²) in [6.45, 7) is 0.526. The van der Waals surface area contributed by atoms with Gasteiger partial charge in [0.25, 0.3) is 0 Å². The molecule has 0 saturated carbocycles. The summed E-state index contributed by atoms with van der Waals surface area (Å²) in [5.74, 6) is 0. The maximum absolute atomic E-state index is 10.9. The normalized spacial score (nSPS) is 12.2. The first kappa shape index (κ1) is 13.2. The zero-order valence-electron chi connectivity index (χ0n) is 8.49. The molecule has 1 atom stereocenters. The quantitative estimate of drug-likeness (QED) is 0.581. The second kappa shape index (κ2) is 8.74. The molecular weight excluding hydrogens is 190 g/mol. The van der Waals surface area contributed by atoms with Gasteiger partial charge in [-0.2, -0.15) is 0 Å². The Morgan fingerprint density at radius 3 is 2.71 bits per heavy atom. The van der Waals surface area contributed by atoms with Crippen molar-refractivity contribution in [2.24, 2.45) is 0 Å². The van der Waals surface area contributed by atoms with Gasteiger partial charge < -0.3 is 24.6 Å². The van der Waals surface area contributed by atoms with E-state index in [4.69, 9.17) is 14.6 Å². The van der Waals surface area contributed by atoms with Gasteiger partial charge in [-0.1, -0.05) is 0 Å². The number of methoxy groups -OCH3 is 2. The minimum absolute atomic E-state index is 0.00619. The van der Waals surface area contributed by atoms with Crippen LogP contribution in [0.3, 0.4) is 0 Å². The molecule has 0 rings (SSSR count). The summed E-state index contributed by atoms with van der Waals surface area (Å²) >= 11 is 0. The fourth-order valence-corrected chi connectivity index (χ4v) is 0.783. The Kier molecular flexibility index (Phi) is 8.20. The molecule has 0 aliphatic carbocycles. The molecule has 0 radical (unpaired) electrons. The lowest BCUT2D eigenvalue weighted by Gasteiger charge is -2.14. The van der Waals surface area contributed by atoms with Crippen LogP contribution in [-0.4, -0.2) is 57.9 Å². The predicted octanol–water partition coefficient (Wildman–Crippen LogP) is -0.634. The number of amides is 1. The summed E-state index contributed by atoms with van der Waals surface area (Å²) in [5, 5.41) is 10.8. The van der Waals surface area contributed by atoms with E-state index in [1.807, 2.05) is 0 Å². The number of hydrogen-bond acceptors (Lipinski definition) is 5. The highest BCUT2D eigenvalue weighted by Gasteiger charge is 2.09. The van der Waals surface area contributed by atoms with E-state index in [-0.39, 0.29) is 19.3 Å². The van der Waals surface area contributed by atoms with Gasteiger partial charge >= 0.3 is 6.09 Å². The Bertz CT molecular complexity index is 153. The summed E-state index contributed by atoms with van der Waals surface area (Å²) in [6.07, 6.45) is -0.765. The van der Waals surface area contributed by atoms with Crippen LogP contribution < -0.4 is 5.32 Å². The SMILES string of the molecule is COCC(CNC(=O)OCCO)OC. The largest absolute Gasteiger partial charge is 0.447 e. The number of aliphatic hydroxyl groups is 1. The van der Waals surface area contributed by atoms with Gasteiger partial charge in [-0.05, 0) is 0 Å². The molecule has 0 saturated heterocycles. The van der Waals surface area contributed by atoms with Crippen LogP contribution in [0.1, 0.15) is 0 Å². The van der Waals surface area contributed by atoms with Crippen LogP contribution >= 0.6 is 0 Å². The maximum atomic E-state index is 10.9. The molecule has 6 heteroatoms. The summed E-state index contributed by atoms with van der Waals surface area (Å²) in [4.78, 5) is 10.9. The van der Waals surface area contributed by atoms with Crippen LogP contribution in [0, 0.1) is 0 Å². The van der Waals surface area contributed by atoms with Crippen molar-refractivity contribution in [2.45, 2.75) is 6.10 Å². The second-order valence-corrected chi connectivity index (χ2v) is 2.55. The van der Waals surface area contributed by atoms with Crippen LogP contribution in [0.15, 0.2) is 0 Å². The minimum Gasteiger partial charge on any atom is -0.447 e. The number of hydrogen-bond donors (Lipinski definition) is 2. The third-order valence-corrected chi connectivity index (χ3v) is 1.48. The molecule has 0 aliphatic rings. The molecule has 0 spiro atoms. The van der Waals surface area contributed by atoms with E-state index in [1.54, 1.807) is 7.11 Å². The smallest absolute Gasteiger partial charge is 0.407 e. The molecular formula is C8H17NO5. The number of carbonyl (C=O) groups is 1. The number of nitrogens with one attached hydrogen (secondary N) is 1. The lowest BCUT2D eigenvalue weighted by atomic mass is 10.4. The van der Waals surface area contributed by atoms with Gasteiger partial charge in [-0.25, -0.2) is 4.79 Å². The van der Waals surface area contributed by atoms with Gasteiger partial charge in [0, 0.05) is 20.8 Å². The van der Waals surface area contributed by atoms with Gasteiger partial charge in [-0.3, -0.25) is 0 Å². The summed E-state index contributed by atoms with van der Waals surface area (Å²) < 4.78 is 14.4. The van der Waals surface area contributed by atoms with Crippen molar-refractivity contribution < 1.29 is 24.1 Å². The molecule has 0 bridgehead atoms. The van der Waals surface area contributed by atoms with E-state index < -0.39 is 6.09 Å². The molecule has 0 aromatic heterocycles. The Morgan fingerprint density at radius 1 is 1.50 bits per heavy atom. The molecule has 0 aliphatic heterocycles. The fraction of sp³-hybridized carbons (Fsp3) is 0.875. The van der Waals surface area contributed by atoms with Crippen molar-refractivity contribution in [3.05, 3.63) is 0 Å². The molecule has 84 valence electrons. The van der Waals surface area contributed by atoms with E-state index in [9.17, 15) is 4.79 Å². The van der Waals surface area contributed by atoms with Crippen LogP contribution in [0.5, 0.6) is 0 Å². The third kappa shape index (κ3) is 6.64. The third-order valence-electron chi connectivity index (χ3n) is 1.48. The molecule has 0 heterocycles. The number of rotatable bonds is 7. The zero-order valence-corrected chi connectivity index (χ0v) is 8.49. The molecule has 2 N–H and O–H groups in total. The summed E-state index contributed by atoms with van der Waals surface area (Å²) in [5.41, 5.74) is 0. The topological polar surface area (TPSA) is 77.0 Å². The van der Waals surface area contributed by atoms with Gasteiger partial charge in [0.15, 0.2) is 0 Å². The molecule has 0 aromatic rings. The van der Waals surface area contributed by atoms with Gasteiger partial charge in [0.1, 0.15) is 6.61 Å². The van der Waals surface area contributed by atoms with Crippen molar-refractivity contribution in [1.82, 2.24) is 5.32 Å². The lowest BCUT2D eigenvalue weighted by molar-refractivity contribution is 0.0277. The number of aliphatic hydroxyl groups excluding tert-OH is 1. The highest BCUT2D eigenvalue weighted by atomic mass is 16.6. The maximum Gasteiger partial charge on any atom is 0.407 e. The second-order valence-electron chi connectivity index (χ2n) is 2.55. The molecule has 0 aromatic carbocycles. The van der Waals surface area contributed by atoms with Crippen LogP contribution in [-0.2, 0) is 14.2 Å². The van der Waals surface area contributed by atoms with Crippen molar-refractivity contribution in [2.75, 3.05) is 40.6 Å². The molecule has 1 unspecified atom stereocenters. The standard InChI is InChI=1S/C8H17NO5/c1-12-6-7(13-2)5-9-8(11)14-4-3-10/h7,10H,3-6H2,1-2H3,(H,9,11). The van der Waals surface area contributed by atoms with E-state index in [0.717, 1.165) is 0 Å². The van der Waals surface area contributed by atoms with Crippen LogP contribution in [0.2, 0.25) is 0 Å². The van der Waals surface area contributed by atoms with E-state index in [0.29, 0.717) is 13.2 Å². The number of ether oxygens (including phenoxy) is 3. The first-order valence-corrected chi connectivity index (χ1v) is 4.27. The summed E-state index contributed by atoms with van der Waals surface area (Å²) in [6, 6.07) is 0.